The molecule has 0 bridgehead atoms. The number of benzene rings is 1. The lowest BCUT2D eigenvalue weighted by atomic mass is 9.81. The number of rotatable bonds is 1. The minimum Gasteiger partial charge on any atom is -0.0842 e. The third kappa shape index (κ3) is 2.16. The van der Waals surface area contributed by atoms with Crippen LogP contribution in [0.25, 0.3) is 5.57 Å². The summed E-state index contributed by atoms with van der Waals surface area (Å²) in [6, 6.07) is 8.45. The first-order chi connectivity index (χ1) is 8.34. The van der Waals surface area contributed by atoms with E-state index in [4.69, 9.17) is 0 Å². The Balaban J connectivity index is 1.99. The maximum atomic E-state index is 3.63. The average Bonchev–Trinajstić information content (AvgIpc) is 2.39. The normalized spacial score (nSPS) is 22.8. The van der Waals surface area contributed by atoms with Crippen LogP contribution in [0.5, 0.6) is 0 Å². The fourth-order valence-electron chi connectivity index (χ4n) is 2.63. The fraction of sp³-hybridized carbons (Fsp3) is 0.250. The highest BCUT2D eigenvalue weighted by atomic mass is 79.9. The fourth-order valence-corrected chi connectivity index (χ4v) is 3.14. The van der Waals surface area contributed by atoms with Crippen molar-refractivity contribution in [3.05, 3.63) is 64.2 Å². The minimum atomic E-state index is 0.756. The lowest BCUT2D eigenvalue weighted by molar-refractivity contribution is 0.567. The molecular weight excluding hydrogens is 272 g/mol. The van der Waals surface area contributed by atoms with Crippen LogP contribution >= 0.6 is 15.9 Å². The lowest BCUT2D eigenvalue weighted by Gasteiger charge is -2.24. The molecule has 0 spiro atoms. The number of hydrogen-bond donors (Lipinski definition) is 0. The highest BCUT2D eigenvalue weighted by Crippen LogP contribution is 2.36. The summed E-state index contributed by atoms with van der Waals surface area (Å²) >= 11 is 3.63. The molecular formula is C16H15Br. The van der Waals surface area contributed by atoms with Crippen LogP contribution in [0.3, 0.4) is 0 Å². The number of allylic oxidation sites excluding steroid dienone is 6. The Morgan fingerprint density at radius 3 is 2.94 bits per heavy atom. The van der Waals surface area contributed by atoms with E-state index < -0.39 is 0 Å². The van der Waals surface area contributed by atoms with Crippen molar-refractivity contribution in [2.45, 2.75) is 19.3 Å². The summed E-state index contributed by atoms with van der Waals surface area (Å²) in [6.07, 6.45) is 13.1. The second-order valence-electron chi connectivity index (χ2n) is 4.70. The highest BCUT2D eigenvalue weighted by molar-refractivity contribution is 9.10. The molecule has 1 unspecified atom stereocenters. The zero-order valence-electron chi connectivity index (χ0n) is 9.70. The quantitative estimate of drug-likeness (QED) is 0.671. The molecule has 0 saturated carbocycles. The highest BCUT2D eigenvalue weighted by Gasteiger charge is 2.19. The average molecular weight is 287 g/mol. The summed E-state index contributed by atoms with van der Waals surface area (Å²) in [4.78, 5) is 0. The van der Waals surface area contributed by atoms with Crippen LogP contribution in [0.4, 0.5) is 0 Å². The molecule has 0 N–H and O–H groups in total. The second kappa shape index (κ2) is 4.66. The van der Waals surface area contributed by atoms with Gasteiger partial charge in [0.1, 0.15) is 0 Å². The molecule has 0 heterocycles. The predicted octanol–water partition coefficient (Wildman–Crippen LogP) is 5.13. The monoisotopic (exact) mass is 286 g/mol. The Hall–Kier alpha value is -1.08. The van der Waals surface area contributed by atoms with Crippen molar-refractivity contribution < 1.29 is 0 Å². The second-order valence-corrected chi connectivity index (χ2v) is 5.55. The molecule has 17 heavy (non-hydrogen) atoms. The van der Waals surface area contributed by atoms with Crippen molar-refractivity contribution in [2.24, 2.45) is 5.92 Å². The molecule has 0 aromatic heterocycles. The molecule has 2 aliphatic rings. The first-order valence-electron chi connectivity index (χ1n) is 6.18. The van der Waals surface area contributed by atoms with E-state index in [1.807, 2.05) is 0 Å². The molecule has 1 heteroatoms. The molecule has 1 atom stereocenters. The van der Waals surface area contributed by atoms with Crippen LogP contribution in [0.1, 0.15) is 24.8 Å². The number of hydrogen-bond acceptors (Lipinski definition) is 0. The Labute approximate surface area is 111 Å². The van der Waals surface area contributed by atoms with E-state index in [9.17, 15) is 0 Å². The van der Waals surface area contributed by atoms with Crippen molar-refractivity contribution in [3.63, 3.8) is 0 Å². The van der Waals surface area contributed by atoms with Crippen molar-refractivity contribution in [2.75, 3.05) is 0 Å². The molecule has 2 aliphatic carbocycles. The van der Waals surface area contributed by atoms with Gasteiger partial charge in [-0.05, 0) is 48.0 Å². The largest absolute Gasteiger partial charge is 0.0842 e. The predicted molar refractivity (Wildman–Crippen MR) is 76.7 cm³/mol. The van der Waals surface area contributed by atoms with E-state index in [0.717, 1.165) is 5.92 Å². The van der Waals surface area contributed by atoms with Crippen molar-refractivity contribution in [1.29, 1.82) is 0 Å². The van der Waals surface area contributed by atoms with Crippen LogP contribution in [-0.4, -0.2) is 0 Å². The van der Waals surface area contributed by atoms with Gasteiger partial charge in [-0.15, -0.1) is 0 Å². The Morgan fingerprint density at radius 1 is 1.18 bits per heavy atom. The van der Waals surface area contributed by atoms with Gasteiger partial charge in [-0.25, -0.2) is 0 Å². The standard InChI is InChI=1S/C16H15Br/c17-16-8-4-3-7-15(16)14-10-9-12-5-1-2-6-13(12)11-14/h2-4,6-8,10-12H,1,5,9H2. The van der Waals surface area contributed by atoms with Gasteiger partial charge in [0.15, 0.2) is 0 Å². The van der Waals surface area contributed by atoms with Crippen molar-refractivity contribution >= 4 is 21.5 Å². The maximum absolute atomic E-state index is 3.63. The Morgan fingerprint density at radius 2 is 2.06 bits per heavy atom. The summed E-state index contributed by atoms with van der Waals surface area (Å²) in [5.74, 6) is 0.756. The van der Waals surface area contributed by atoms with E-state index in [1.54, 1.807) is 0 Å². The van der Waals surface area contributed by atoms with Gasteiger partial charge >= 0.3 is 0 Å². The van der Waals surface area contributed by atoms with Crippen LogP contribution in [0.15, 0.2) is 58.6 Å². The zero-order chi connectivity index (χ0) is 11.7. The lowest BCUT2D eigenvalue weighted by Crippen LogP contribution is -2.09. The molecule has 0 aliphatic heterocycles. The van der Waals surface area contributed by atoms with Crippen LogP contribution in [0.2, 0.25) is 0 Å². The smallest absolute Gasteiger partial charge is 0.0253 e. The molecule has 0 radical (unpaired) electrons. The van der Waals surface area contributed by atoms with Gasteiger partial charge < -0.3 is 0 Å². The Bertz CT molecular complexity index is 520. The summed E-state index contributed by atoms with van der Waals surface area (Å²) in [7, 11) is 0. The van der Waals surface area contributed by atoms with Crippen molar-refractivity contribution in [3.8, 4) is 0 Å². The summed E-state index contributed by atoms with van der Waals surface area (Å²) < 4.78 is 1.18. The van der Waals surface area contributed by atoms with E-state index in [-0.39, 0.29) is 0 Å². The molecule has 0 nitrogen and oxygen atoms in total. The minimum absolute atomic E-state index is 0.756. The van der Waals surface area contributed by atoms with E-state index in [2.05, 4.69) is 64.5 Å². The van der Waals surface area contributed by atoms with Gasteiger partial charge in [-0.2, -0.15) is 0 Å². The summed E-state index contributed by atoms with van der Waals surface area (Å²) in [6.45, 7) is 0. The molecule has 0 saturated heterocycles. The molecule has 86 valence electrons. The first-order valence-corrected chi connectivity index (χ1v) is 6.97. The van der Waals surface area contributed by atoms with Gasteiger partial charge in [0.25, 0.3) is 0 Å². The number of fused-ring (bicyclic) bond motifs is 1. The third-order valence-electron chi connectivity index (χ3n) is 3.59. The molecule has 0 amide bonds. The molecule has 0 fully saturated rings. The maximum Gasteiger partial charge on any atom is 0.0253 e. The SMILES string of the molecule is Brc1ccccc1C1=CCC2CCC=CC2=C1. The van der Waals surface area contributed by atoms with E-state index in [0.29, 0.717) is 0 Å². The van der Waals surface area contributed by atoms with Gasteiger partial charge in [0.05, 0.1) is 0 Å². The van der Waals surface area contributed by atoms with E-state index >= 15 is 0 Å². The topological polar surface area (TPSA) is 0 Å². The van der Waals surface area contributed by atoms with Gasteiger partial charge in [0.2, 0.25) is 0 Å². The van der Waals surface area contributed by atoms with Gasteiger partial charge in [-0.1, -0.05) is 58.4 Å². The summed E-state index contributed by atoms with van der Waals surface area (Å²) in [5.41, 5.74) is 4.16. The third-order valence-corrected chi connectivity index (χ3v) is 4.28. The van der Waals surface area contributed by atoms with Gasteiger partial charge in [0, 0.05) is 4.47 Å². The van der Waals surface area contributed by atoms with Crippen molar-refractivity contribution in [1.82, 2.24) is 0 Å². The van der Waals surface area contributed by atoms with Crippen LogP contribution in [-0.2, 0) is 0 Å². The molecule has 1 aromatic rings. The van der Waals surface area contributed by atoms with Gasteiger partial charge in [-0.3, -0.25) is 0 Å². The number of halogens is 1. The molecule has 3 rings (SSSR count). The van der Waals surface area contributed by atoms with Crippen LogP contribution in [0, 0.1) is 5.92 Å². The molecule has 1 aromatic carbocycles. The zero-order valence-corrected chi connectivity index (χ0v) is 11.3. The van der Waals surface area contributed by atoms with Crippen LogP contribution < -0.4 is 0 Å². The first kappa shape index (κ1) is 11.0. The Kier molecular flexibility index (Phi) is 3.02. The summed E-state index contributed by atoms with van der Waals surface area (Å²) in [5, 5.41) is 0. The van der Waals surface area contributed by atoms with E-state index in [1.165, 1.54) is 40.4 Å².